The Kier molecular flexibility index (Phi) is 3.59. The zero-order valence-electron chi connectivity index (χ0n) is 9.30. The SMILES string of the molecule is Cc1ccc(C(=S)SN2C(=O)CCC2=O)cc1. The molecule has 1 heterocycles. The molecule has 0 aromatic heterocycles. The van der Waals surface area contributed by atoms with Gasteiger partial charge in [0, 0.05) is 30.4 Å². The van der Waals surface area contributed by atoms with Crippen molar-refractivity contribution in [2.45, 2.75) is 19.8 Å². The van der Waals surface area contributed by atoms with E-state index in [0.717, 1.165) is 23.1 Å². The second-order valence-electron chi connectivity index (χ2n) is 3.83. The van der Waals surface area contributed by atoms with Gasteiger partial charge in [0.15, 0.2) is 0 Å². The smallest absolute Gasteiger partial charge is 0.240 e. The van der Waals surface area contributed by atoms with Crippen molar-refractivity contribution in [3.63, 3.8) is 0 Å². The molecule has 1 aromatic rings. The minimum absolute atomic E-state index is 0.158. The predicted molar refractivity (Wildman–Crippen MR) is 71.6 cm³/mol. The fraction of sp³-hybridized carbons (Fsp3) is 0.250. The average molecular weight is 265 g/mol. The maximum Gasteiger partial charge on any atom is 0.240 e. The first kappa shape index (κ1) is 12.3. The van der Waals surface area contributed by atoms with Crippen LogP contribution in [0.2, 0.25) is 0 Å². The van der Waals surface area contributed by atoms with Crippen LogP contribution in [0, 0.1) is 6.92 Å². The molecule has 0 atom stereocenters. The third-order valence-corrected chi connectivity index (χ3v) is 3.92. The van der Waals surface area contributed by atoms with E-state index in [0.29, 0.717) is 17.0 Å². The molecule has 0 N–H and O–H groups in total. The maximum atomic E-state index is 11.4. The molecule has 1 aromatic carbocycles. The molecule has 0 aliphatic carbocycles. The fourth-order valence-electron chi connectivity index (χ4n) is 1.48. The summed E-state index contributed by atoms with van der Waals surface area (Å²) >= 11 is 6.27. The molecule has 0 spiro atoms. The van der Waals surface area contributed by atoms with E-state index < -0.39 is 0 Å². The van der Waals surface area contributed by atoms with Gasteiger partial charge in [0.2, 0.25) is 11.8 Å². The Morgan fingerprint density at radius 2 is 1.71 bits per heavy atom. The van der Waals surface area contributed by atoms with E-state index in [1.165, 1.54) is 4.31 Å². The van der Waals surface area contributed by atoms with E-state index in [-0.39, 0.29) is 11.8 Å². The van der Waals surface area contributed by atoms with E-state index in [9.17, 15) is 9.59 Å². The Hall–Kier alpha value is -1.20. The van der Waals surface area contributed by atoms with Crippen molar-refractivity contribution in [1.29, 1.82) is 0 Å². The van der Waals surface area contributed by atoms with Gasteiger partial charge in [-0.2, -0.15) is 0 Å². The summed E-state index contributed by atoms with van der Waals surface area (Å²) in [6, 6.07) is 7.71. The van der Waals surface area contributed by atoms with Gasteiger partial charge in [-0.3, -0.25) is 9.59 Å². The number of amides is 2. The molecule has 0 radical (unpaired) electrons. The lowest BCUT2D eigenvalue weighted by Crippen LogP contribution is -2.23. The molecule has 2 amide bonds. The topological polar surface area (TPSA) is 37.4 Å². The van der Waals surface area contributed by atoms with E-state index in [1.54, 1.807) is 0 Å². The maximum absolute atomic E-state index is 11.4. The van der Waals surface area contributed by atoms with Crippen LogP contribution in [0.25, 0.3) is 0 Å². The van der Waals surface area contributed by atoms with Crippen molar-refractivity contribution in [1.82, 2.24) is 4.31 Å². The standard InChI is InChI=1S/C12H11NO2S2/c1-8-2-4-9(5-3-8)12(16)17-13-10(14)6-7-11(13)15/h2-5H,6-7H2,1H3. The van der Waals surface area contributed by atoms with Crippen LogP contribution in [-0.2, 0) is 9.59 Å². The number of carbonyl (C=O) groups is 2. The fourth-order valence-corrected chi connectivity index (χ4v) is 2.64. The Morgan fingerprint density at radius 1 is 1.18 bits per heavy atom. The highest BCUT2D eigenvalue weighted by Crippen LogP contribution is 2.25. The van der Waals surface area contributed by atoms with Gasteiger partial charge in [0.1, 0.15) is 0 Å². The lowest BCUT2D eigenvalue weighted by molar-refractivity contribution is -0.131. The van der Waals surface area contributed by atoms with E-state index in [1.807, 2.05) is 31.2 Å². The van der Waals surface area contributed by atoms with Crippen LogP contribution in [0.4, 0.5) is 0 Å². The molecular weight excluding hydrogens is 254 g/mol. The summed E-state index contributed by atoms with van der Waals surface area (Å²) in [7, 11) is 0. The first-order chi connectivity index (χ1) is 8.08. The van der Waals surface area contributed by atoms with Gasteiger partial charge < -0.3 is 0 Å². The van der Waals surface area contributed by atoms with Crippen molar-refractivity contribution < 1.29 is 9.59 Å². The summed E-state index contributed by atoms with van der Waals surface area (Å²) in [5, 5.41) is 0. The Bertz CT molecular complexity index is 466. The van der Waals surface area contributed by atoms with E-state index >= 15 is 0 Å². The van der Waals surface area contributed by atoms with Crippen LogP contribution >= 0.6 is 24.2 Å². The molecule has 0 unspecified atom stereocenters. The number of rotatable bonds is 2. The van der Waals surface area contributed by atoms with Crippen LogP contribution in [0.15, 0.2) is 24.3 Å². The van der Waals surface area contributed by atoms with Gasteiger partial charge in [-0.25, -0.2) is 4.31 Å². The van der Waals surface area contributed by atoms with Crippen LogP contribution in [0.1, 0.15) is 24.0 Å². The molecule has 1 aliphatic rings. The van der Waals surface area contributed by atoms with Gasteiger partial charge in [-0.15, -0.1) is 0 Å². The number of imide groups is 1. The van der Waals surface area contributed by atoms with Gasteiger partial charge in [-0.05, 0) is 6.92 Å². The molecule has 1 aliphatic heterocycles. The summed E-state index contributed by atoms with van der Waals surface area (Å²) in [5.41, 5.74) is 2.01. The van der Waals surface area contributed by atoms with Crippen molar-refractivity contribution in [3.05, 3.63) is 35.4 Å². The minimum Gasteiger partial charge on any atom is -0.273 e. The molecule has 1 fully saturated rings. The average Bonchev–Trinajstić information content (AvgIpc) is 2.61. The van der Waals surface area contributed by atoms with Gasteiger partial charge in [0.05, 0.1) is 4.20 Å². The summed E-state index contributed by atoms with van der Waals surface area (Å²) in [6.45, 7) is 1.99. The van der Waals surface area contributed by atoms with Gasteiger partial charge in [0.25, 0.3) is 0 Å². The number of aryl methyl sites for hydroxylation is 1. The zero-order valence-corrected chi connectivity index (χ0v) is 10.9. The van der Waals surface area contributed by atoms with Crippen LogP contribution in [0.3, 0.4) is 0 Å². The van der Waals surface area contributed by atoms with Crippen molar-refractivity contribution in [2.24, 2.45) is 0 Å². The lowest BCUT2D eigenvalue weighted by Gasteiger charge is -2.12. The number of carbonyl (C=O) groups excluding carboxylic acids is 2. The molecule has 1 saturated heterocycles. The highest BCUT2D eigenvalue weighted by molar-refractivity contribution is 8.22. The number of thiocarbonyl (C=S) groups is 1. The first-order valence-corrected chi connectivity index (χ1v) is 6.41. The largest absolute Gasteiger partial charge is 0.273 e. The molecule has 0 saturated carbocycles. The number of hydrogen-bond donors (Lipinski definition) is 0. The summed E-state index contributed by atoms with van der Waals surface area (Å²) in [5.74, 6) is -0.316. The van der Waals surface area contributed by atoms with Crippen molar-refractivity contribution >= 4 is 40.2 Å². The predicted octanol–water partition coefficient (Wildman–Crippen LogP) is 2.47. The van der Waals surface area contributed by atoms with Crippen LogP contribution in [0.5, 0.6) is 0 Å². The molecule has 88 valence electrons. The normalized spacial score (nSPS) is 15.5. The second-order valence-corrected chi connectivity index (χ2v) is 5.45. The quantitative estimate of drug-likeness (QED) is 0.468. The minimum atomic E-state index is -0.158. The Balaban J connectivity index is 2.09. The number of benzene rings is 1. The van der Waals surface area contributed by atoms with E-state index in [4.69, 9.17) is 12.2 Å². The highest BCUT2D eigenvalue weighted by Gasteiger charge is 2.30. The molecule has 3 nitrogen and oxygen atoms in total. The molecular formula is C12H11NO2S2. The third-order valence-electron chi connectivity index (χ3n) is 2.47. The van der Waals surface area contributed by atoms with E-state index in [2.05, 4.69) is 0 Å². The van der Waals surface area contributed by atoms with Crippen molar-refractivity contribution in [2.75, 3.05) is 0 Å². The first-order valence-electron chi connectivity index (χ1n) is 5.22. The highest BCUT2D eigenvalue weighted by atomic mass is 32.2. The lowest BCUT2D eigenvalue weighted by atomic mass is 10.2. The summed E-state index contributed by atoms with van der Waals surface area (Å²) in [6.07, 6.45) is 0.588. The number of nitrogens with zero attached hydrogens (tertiary/aromatic N) is 1. The molecule has 0 bridgehead atoms. The molecule has 5 heteroatoms. The second kappa shape index (κ2) is 4.98. The summed E-state index contributed by atoms with van der Waals surface area (Å²) < 4.78 is 1.72. The Labute approximate surface area is 109 Å². The van der Waals surface area contributed by atoms with Crippen LogP contribution in [-0.4, -0.2) is 20.3 Å². The van der Waals surface area contributed by atoms with Crippen LogP contribution < -0.4 is 0 Å². The third kappa shape index (κ3) is 2.73. The Morgan fingerprint density at radius 3 is 2.24 bits per heavy atom. The number of hydrogen-bond acceptors (Lipinski definition) is 4. The monoisotopic (exact) mass is 265 g/mol. The summed E-state index contributed by atoms with van der Waals surface area (Å²) in [4.78, 5) is 22.9. The molecule has 2 rings (SSSR count). The zero-order chi connectivity index (χ0) is 12.4. The molecule has 17 heavy (non-hydrogen) atoms. The van der Waals surface area contributed by atoms with Crippen molar-refractivity contribution in [3.8, 4) is 0 Å². The van der Waals surface area contributed by atoms with Gasteiger partial charge in [-0.1, -0.05) is 42.0 Å². The van der Waals surface area contributed by atoms with Gasteiger partial charge >= 0.3 is 0 Å².